The molecule has 0 saturated carbocycles. The molecule has 0 bridgehead atoms. The van der Waals surface area contributed by atoms with E-state index in [1.54, 1.807) is 4.68 Å². The Hall–Kier alpha value is -0.990. The summed E-state index contributed by atoms with van der Waals surface area (Å²) in [6.45, 7) is 2.54. The summed E-state index contributed by atoms with van der Waals surface area (Å²) in [4.78, 5) is 4.03. The lowest BCUT2D eigenvalue weighted by atomic mass is 10.3. The number of hydrogen-bond acceptors (Lipinski definition) is 5. The van der Waals surface area contributed by atoms with Crippen molar-refractivity contribution < 1.29 is 13.5 Å². The Kier molecular flexibility index (Phi) is 5.03. The first-order valence-electron chi connectivity index (χ1n) is 5.41. The summed E-state index contributed by atoms with van der Waals surface area (Å²) >= 11 is 0. The summed E-state index contributed by atoms with van der Waals surface area (Å²) in [5.41, 5.74) is 0. The molecule has 98 valence electrons. The van der Waals surface area contributed by atoms with E-state index in [0.717, 1.165) is 6.26 Å². The van der Waals surface area contributed by atoms with Gasteiger partial charge in [-0.05, 0) is 6.42 Å². The monoisotopic (exact) mass is 262 g/mol. The first-order chi connectivity index (χ1) is 7.92. The molecule has 0 unspecified atom stereocenters. The van der Waals surface area contributed by atoms with E-state index < -0.39 is 16.1 Å². The third-order valence-electron chi connectivity index (χ3n) is 2.26. The van der Waals surface area contributed by atoms with E-state index in [4.69, 9.17) is 0 Å². The van der Waals surface area contributed by atoms with Gasteiger partial charge in [0.05, 0.1) is 18.9 Å². The van der Waals surface area contributed by atoms with Crippen LogP contribution >= 0.6 is 0 Å². The van der Waals surface area contributed by atoms with Crippen LogP contribution in [-0.2, 0) is 23.0 Å². The molecule has 0 aliphatic heterocycles. The van der Waals surface area contributed by atoms with Gasteiger partial charge in [-0.3, -0.25) is 0 Å². The fourth-order valence-corrected chi connectivity index (χ4v) is 1.78. The van der Waals surface area contributed by atoms with Crippen LogP contribution in [0.1, 0.15) is 19.2 Å². The lowest BCUT2D eigenvalue weighted by Crippen LogP contribution is -2.26. The number of nitrogens with one attached hydrogen (secondary N) is 1. The third-order valence-corrected chi connectivity index (χ3v) is 2.99. The number of aliphatic hydroxyl groups excluding tert-OH is 1. The standard InChI is InChI=1S/C9H18N4O3S/c1-3-8(14)6-13-9(10-7-11-13)4-5-12-17(2,15)16/h7-8,12,14H,3-6H2,1-2H3/t8-/m1/s1. The zero-order chi connectivity index (χ0) is 12.9. The maximum absolute atomic E-state index is 10.9. The van der Waals surface area contributed by atoms with E-state index in [1.165, 1.54) is 6.33 Å². The smallest absolute Gasteiger partial charge is 0.208 e. The van der Waals surface area contributed by atoms with Crippen molar-refractivity contribution in [1.29, 1.82) is 0 Å². The van der Waals surface area contributed by atoms with Crippen LogP contribution in [0, 0.1) is 0 Å². The molecule has 0 aliphatic carbocycles. The van der Waals surface area contributed by atoms with Gasteiger partial charge in [0.1, 0.15) is 12.2 Å². The second-order valence-corrected chi connectivity index (χ2v) is 5.67. The molecule has 0 aliphatic rings. The van der Waals surface area contributed by atoms with Crippen LogP contribution in [0.3, 0.4) is 0 Å². The second-order valence-electron chi connectivity index (χ2n) is 3.84. The van der Waals surface area contributed by atoms with Crippen molar-refractivity contribution in [1.82, 2.24) is 19.5 Å². The van der Waals surface area contributed by atoms with Crippen molar-refractivity contribution in [2.45, 2.75) is 32.4 Å². The third kappa shape index (κ3) is 5.24. The van der Waals surface area contributed by atoms with Crippen molar-refractivity contribution >= 4 is 10.0 Å². The largest absolute Gasteiger partial charge is 0.391 e. The van der Waals surface area contributed by atoms with Gasteiger partial charge in [-0.15, -0.1) is 0 Å². The first-order valence-corrected chi connectivity index (χ1v) is 7.31. The van der Waals surface area contributed by atoms with E-state index in [-0.39, 0.29) is 6.54 Å². The fourth-order valence-electron chi connectivity index (χ4n) is 1.31. The maximum atomic E-state index is 10.9. The molecule has 1 aromatic rings. The SMILES string of the molecule is CC[C@@H](O)Cn1ncnc1CCNS(C)(=O)=O. The molecule has 0 fully saturated rings. The second kappa shape index (κ2) is 6.08. The van der Waals surface area contributed by atoms with Gasteiger partial charge in [-0.1, -0.05) is 6.92 Å². The summed E-state index contributed by atoms with van der Waals surface area (Å²) in [7, 11) is -3.17. The van der Waals surface area contributed by atoms with Crippen molar-refractivity contribution in [3.8, 4) is 0 Å². The van der Waals surface area contributed by atoms with E-state index in [0.29, 0.717) is 25.2 Å². The fraction of sp³-hybridized carbons (Fsp3) is 0.778. The van der Waals surface area contributed by atoms with Gasteiger partial charge in [0.15, 0.2) is 0 Å². The highest BCUT2D eigenvalue weighted by Crippen LogP contribution is 2.00. The van der Waals surface area contributed by atoms with Crippen LogP contribution in [0.2, 0.25) is 0 Å². The number of sulfonamides is 1. The van der Waals surface area contributed by atoms with Gasteiger partial charge in [0.25, 0.3) is 0 Å². The molecule has 1 atom stereocenters. The Morgan fingerprint density at radius 3 is 2.88 bits per heavy atom. The predicted octanol–water partition coefficient (Wildman–Crippen LogP) is -0.859. The quantitative estimate of drug-likeness (QED) is 0.666. The topological polar surface area (TPSA) is 97.1 Å². The summed E-state index contributed by atoms with van der Waals surface area (Å²) < 4.78 is 25.7. The van der Waals surface area contributed by atoms with Crippen molar-refractivity contribution in [2.75, 3.05) is 12.8 Å². The molecule has 0 saturated heterocycles. The van der Waals surface area contributed by atoms with Gasteiger partial charge in [0.2, 0.25) is 10.0 Å². The molecule has 7 nitrogen and oxygen atoms in total. The Morgan fingerprint density at radius 1 is 1.59 bits per heavy atom. The molecule has 17 heavy (non-hydrogen) atoms. The van der Waals surface area contributed by atoms with Crippen LogP contribution in [-0.4, -0.2) is 47.2 Å². The van der Waals surface area contributed by atoms with Crippen LogP contribution in [0.5, 0.6) is 0 Å². The molecule has 0 amide bonds. The lowest BCUT2D eigenvalue weighted by Gasteiger charge is -2.10. The van der Waals surface area contributed by atoms with E-state index >= 15 is 0 Å². The lowest BCUT2D eigenvalue weighted by molar-refractivity contribution is 0.143. The van der Waals surface area contributed by atoms with Gasteiger partial charge in [0, 0.05) is 13.0 Å². The summed E-state index contributed by atoms with van der Waals surface area (Å²) in [6.07, 6.45) is 3.14. The number of hydrogen-bond donors (Lipinski definition) is 2. The highest BCUT2D eigenvalue weighted by Gasteiger charge is 2.09. The van der Waals surface area contributed by atoms with Crippen LogP contribution in [0.4, 0.5) is 0 Å². The van der Waals surface area contributed by atoms with Crippen molar-refractivity contribution in [2.24, 2.45) is 0 Å². The molecule has 1 rings (SSSR count). The van der Waals surface area contributed by atoms with E-state index in [1.807, 2.05) is 6.92 Å². The highest BCUT2D eigenvalue weighted by molar-refractivity contribution is 7.88. The van der Waals surface area contributed by atoms with Crippen LogP contribution in [0.15, 0.2) is 6.33 Å². The molecular weight excluding hydrogens is 244 g/mol. The maximum Gasteiger partial charge on any atom is 0.208 e. The zero-order valence-corrected chi connectivity index (χ0v) is 10.8. The normalized spacial score (nSPS) is 13.8. The molecule has 0 radical (unpaired) electrons. The highest BCUT2D eigenvalue weighted by atomic mass is 32.2. The van der Waals surface area contributed by atoms with Gasteiger partial charge >= 0.3 is 0 Å². The molecule has 1 heterocycles. The molecule has 1 aromatic heterocycles. The zero-order valence-electron chi connectivity index (χ0n) is 10.00. The van der Waals surface area contributed by atoms with Gasteiger partial charge in [-0.25, -0.2) is 22.8 Å². The minimum absolute atomic E-state index is 0.278. The number of rotatable bonds is 7. The average molecular weight is 262 g/mol. The van der Waals surface area contributed by atoms with Gasteiger partial charge < -0.3 is 5.11 Å². The molecule has 0 aromatic carbocycles. The predicted molar refractivity (Wildman–Crippen MR) is 62.9 cm³/mol. The Labute approximate surface area is 101 Å². The Morgan fingerprint density at radius 2 is 2.29 bits per heavy atom. The number of aromatic nitrogens is 3. The van der Waals surface area contributed by atoms with E-state index in [2.05, 4.69) is 14.8 Å². The van der Waals surface area contributed by atoms with Gasteiger partial charge in [-0.2, -0.15) is 5.10 Å². The Balaban J connectivity index is 2.51. The van der Waals surface area contributed by atoms with Crippen LogP contribution in [0.25, 0.3) is 0 Å². The van der Waals surface area contributed by atoms with Crippen molar-refractivity contribution in [3.63, 3.8) is 0 Å². The number of nitrogens with zero attached hydrogens (tertiary/aromatic N) is 3. The van der Waals surface area contributed by atoms with E-state index in [9.17, 15) is 13.5 Å². The van der Waals surface area contributed by atoms with Crippen molar-refractivity contribution in [3.05, 3.63) is 12.2 Å². The average Bonchev–Trinajstić information content (AvgIpc) is 2.64. The summed E-state index contributed by atoms with van der Waals surface area (Å²) in [5, 5.41) is 13.5. The van der Waals surface area contributed by atoms with Crippen LogP contribution < -0.4 is 4.72 Å². The summed E-state index contributed by atoms with van der Waals surface area (Å²) in [5.74, 6) is 0.661. The summed E-state index contributed by atoms with van der Waals surface area (Å²) in [6, 6.07) is 0. The molecule has 2 N–H and O–H groups in total. The first kappa shape index (κ1) is 14.1. The molecule has 8 heteroatoms. The minimum atomic E-state index is -3.17. The Bertz CT molecular complexity index is 443. The molecule has 0 spiro atoms. The minimum Gasteiger partial charge on any atom is -0.391 e. The number of aliphatic hydroxyl groups is 1. The molecular formula is C9H18N4O3S.